The largest absolute Gasteiger partial charge is 0.398 e. The number of hydrogen-bond donors (Lipinski definition) is 2. The Hall–Kier alpha value is -2.40. The molecule has 0 unspecified atom stereocenters. The molecule has 5 heteroatoms. The lowest BCUT2D eigenvalue weighted by atomic mass is 10.0. The minimum atomic E-state index is -0.145. The number of fused-ring (bicyclic) bond motifs is 1. The third-order valence-electron chi connectivity index (χ3n) is 3.31. The predicted molar refractivity (Wildman–Crippen MR) is 86.5 cm³/mol. The van der Waals surface area contributed by atoms with Gasteiger partial charge >= 0.3 is 0 Å². The first kappa shape index (κ1) is 13.6. The number of carbonyl (C=O) groups is 1. The standard InChI is InChI=1S/C16H15N3OS/c17-15-8-12-4-2-1-3-11(12)7-14(15)16(20)18-6-5-13-9-21-10-19-13/h1-4,7-10H,5-6,17H2,(H,18,20). The lowest BCUT2D eigenvalue weighted by Crippen LogP contribution is -2.26. The monoisotopic (exact) mass is 297 g/mol. The van der Waals surface area contributed by atoms with Crippen LogP contribution < -0.4 is 11.1 Å². The van der Waals surface area contributed by atoms with Crippen molar-refractivity contribution in [2.75, 3.05) is 12.3 Å². The van der Waals surface area contributed by atoms with Crippen LogP contribution in [0.1, 0.15) is 16.1 Å². The fourth-order valence-electron chi connectivity index (χ4n) is 2.21. The van der Waals surface area contributed by atoms with Crippen LogP contribution in [0.5, 0.6) is 0 Å². The van der Waals surface area contributed by atoms with E-state index in [4.69, 9.17) is 5.73 Å². The van der Waals surface area contributed by atoms with Gasteiger partial charge in [0.05, 0.1) is 16.8 Å². The van der Waals surface area contributed by atoms with Gasteiger partial charge in [-0.25, -0.2) is 4.98 Å². The molecule has 0 fully saturated rings. The van der Waals surface area contributed by atoms with Crippen LogP contribution in [-0.4, -0.2) is 17.4 Å². The number of nitrogen functional groups attached to an aromatic ring is 1. The zero-order valence-corrected chi connectivity index (χ0v) is 12.2. The van der Waals surface area contributed by atoms with Gasteiger partial charge in [-0.2, -0.15) is 0 Å². The van der Waals surface area contributed by atoms with E-state index >= 15 is 0 Å². The van der Waals surface area contributed by atoms with E-state index in [1.54, 1.807) is 16.8 Å². The normalized spacial score (nSPS) is 10.7. The number of nitrogens with two attached hydrogens (primary N) is 1. The molecule has 3 N–H and O–H groups in total. The first-order chi connectivity index (χ1) is 10.2. The Morgan fingerprint density at radius 1 is 1.24 bits per heavy atom. The van der Waals surface area contributed by atoms with Crippen LogP contribution in [0.2, 0.25) is 0 Å². The molecule has 3 rings (SSSR count). The lowest BCUT2D eigenvalue weighted by molar-refractivity contribution is 0.0955. The first-order valence-electron chi connectivity index (χ1n) is 6.67. The molecule has 3 aromatic rings. The van der Waals surface area contributed by atoms with Crippen LogP contribution >= 0.6 is 11.3 Å². The van der Waals surface area contributed by atoms with E-state index in [0.717, 1.165) is 22.9 Å². The third kappa shape index (κ3) is 3.03. The van der Waals surface area contributed by atoms with Crippen molar-refractivity contribution in [3.63, 3.8) is 0 Å². The number of anilines is 1. The van der Waals surface area contributed by atoms with Crippen LogP contribution in [-0.2, 0) is 6.42 Å². The highest BCUT2D eigenvalue weighted by molar-refractivity contribution is 7.07. The van der Waals surface area contributed by atoms with Gasteiger partial charge in [-0.3, -0.25) is 4.79 Å². The number of nitrogens with one attached hydrogen (secondary N) is 1. The van der Waals surface area contributed by atoms with Gasteiger partial charge in [-0.15, -0.1) is 11.3 Å². The second-order valence-corrected chi connectivity index (χ2v) is 5.49. The zero-order valence-electron chi connectivity index (χ0n) is 11.4. The minimum absolute atomic E-state index is 0.145. The Labute approximate surface area is 126 Å². The van der Waals surface area contributed by atoms with Gasteiger partial charge in [-0.1, -0.05) is 24.3 Å². The highest BCUT2D eigenvalue weighted by atomic mass is 32.1. The minimum Gasteiger partial charge on any atom is -0.398 e. The van der Waals surface area contributed by atoms with E-state index in [2.05, 4.69) is 10.3 Å². The molecule has 0 saturated heterocycles. The van der Waals surface area contributed by atoms with Gasteiger partial charge in [0.25, 0.3) is 5.91 Å². The van der Waals surface area contributed by atoms with Gasteiger partial charge in [0.1, 0.15) is 0 Å². The number of amides is 1. The highest BCUT2D eigenvalue weighted by Gasteiger charge is 2.10. The van der Waals surface area contributed by atoms with Gasteiger partial charge < -0.3 is 11.1 Å². The molecule has 4 nitrogen and oxygen atoms in total. The number of hydrogen-bond acceptors (Lipinski definition) is 4. The summed E-state index contributed by atoms with van der Waals surface area (Å²) < 4.78 is 0. The van der Waals surface area contributed by atoms with Crippen LogP contribution in [0.4, 0.5) is 5.69 Å². The van der Waals surface area contributed by atoms with Crippen molar-refractivity contribution < 1.29 is 4.79 Å². The Balaban J connectivity index is 1.73. The summed E-state index contributed by atoms with van der Waals surface area (Å²) in [6, 6.07) is 11.5. The van der Waals surface area contributed by atoms with Gasteiger partial charge in [0.2, 0.25) is 0 Å². The Morgan fingerprint density at radius 2 is 2.00 bits per heavy atom. The molecule has 0 atom stereocenters. The summed E-state index contributed by atoms with van der Waals surface area (Å²) in [7, 11) is 0. The van der Waals surface area contributed by atoms with Crippen molar-refractivity contribution >= 4 is 33.7 Å². The molecule has 0 aliphatic heterocycles. The number of rotatable bonds is 4. The molecule has 0 spiro atoms. The number of benzene rings is 2. The molecule has 0 aliphatic carbocycles. The van der Waals surface area contributed by atoms with E-state index in [9.17, 15) is 4.79 Å². The van der Waals surface area contributed by atoms with E-state index in [-0.39, 0.29) is 5.91 Å². The Bertz CT molecular complexity index is 768. The van der Waals surface area contributed by atoms with E-state index in [1.165, 1.54) is 0 Å². The molecule has 0 bridgehead atoms. The van der Waals surface area contributed by atoms with Crippen LogP contribution in [0.25, 0.3) is 10.8 Å². The number of carbonyl (C=O) groups excluding carboxylic acids is 1. The summed E-state index contributed by atoms with van der Waals surface area (Å²) in [6.07, 6.45) is 0.725. The fraction of sp³-hybridized carbons (Fsp3) is 0.125. The van der Waals surface area contributed by atoms with Gasteiger partial charge in [0, 0.05) is 24.0 Å². The maximum absolute atomic E-state index is 12.2. The molecule has 21 heavy (non-hydrogen) atoms. The van der Waals surface area contributed by atoms with Crippen LogP contribution in [0.3, 0.4) is 0 Å². The topological polar surface area (TPSA) is 68.0 Å². The first-order valence-corrected chi connectivity index (χ1v) is 7.62. The molecule has 0 aliphatic rings. The summed E-state index contributed by atoms with van der Waals surface area (Å²) >= 11 is 1.55. The predicted octanol–water partition coefficient (Wildman–Crippen LogP) is 2.85. The molecule has 106 valence electrons. The lowest BCUT2D eigenvalue weighted by Gasteiger charge is -2.08. The maximum Gasteiger partial charge on any atom is 0.253 e. The molecule has 1 heterocycles. The summed E-state index contributed by atoms with van der Waals surface area (Å²) in [5.74, 6) is -0.145. The van der Waals surface area contributed by atoms with E-state index in [0.29, 0.717) is 17.8 Å². The summed E-state index contributed by atoms with van der Waals surface area (Å²) in [5, 5.41) is 6.92. The number of nitrogens with zero attached hydrogens (tertiary/aromatic N) is 1. The number of thiazole rings is 1. The van der Waals surface area contributed by atoms with Crippen molar-refractivity contribution in [3.05, 3.63) is 58.5 Å². The second kappa shape index (κ2) is 5.93. The molecule has 2 aromatic carbocycles. The molecule has 1 aromatic heterocycles. The fourth-order valence-corrected chi connectivity index (χ4v) is 2.81. The third-order valence-corrected chi connectivity index (χ3v) is 3.95. The smallest absolute Gasteiger partial charge is 0.253 e. The highest BCUT2D eigenvalue weighted by Crippen LogP contribution is 2.21. The average molecular weight is 297 g/mol. The van der Waals surface area contributed by atoms with Crippen LogP contribution in [0, 0.1) is 0 Å². The molecular weight excluding hydrogens is 282 g/mol. The van der Waals surface area contributed by atoms with Crippen molar-refractivity contribution in [3.8, 4) is 0 Å². The van der Waals surface area contributed by atoms with Crippen molar-refractivity contribution in [2.24, 2.45) is 0 Å². The Kier molecular flexibility index (Phi) is 3.83. The van der Waals surface area contributed by atoms with E-state index in [1.807, 2.05) is 41.8 Å². The molecule has 1 amide bonds. The Morgan fingerprint density at radius 3 is 2.71 bits per heavy atom. The quantitative estimate of drug-likeness (QED) is 0.728. The molecule has 0 radical (unpaired) electrons. The zero-order chi connectivity index (χ0) is 14.7. The summed E-state index contributed by atoms with van der Waals surface area (Å²) in [5.41, 5.74) is 9.79. The van der Waals surface area contributed by atoms with E-state index < -0.39 is 0 Å². The molecule has 0 saturated carbocycles. The van der Waals surface area contributed by atoms with Crippen LogP contribution in [0.15, 0.2) is 47.3 Å². The van der Waals surface area contributed by atoms with Crippen molar-refractivity contribution in [1.82, 2.24) is 10.3 Å². The van der Waals surface area contributed by atoms with Gasteiger partial charge in [-0.05, 0) is 22.9 Å². The van der Waals surface area contributed by atoms with Crippen molar-refractivity contribution in [2.45, 2.75) is 6.42 Å². The SMILES string of the molecule is Nc1cc2ccccc2cc1C(=O)NCCc1cscn1. The second-order valence-electron chi connectivity index (χ2n) is 4.77. The number of aromatic nitrogens is 1. The van der Waals surface area contributed by atoms with Crippen molar-refractivity contribution in [1.29, 1.82) is 0 Å². The average Bonchev–Trinajstić information content (AvgIpc) is 2.99. The van der Waals surface area contributed by atoms with Gasteiger partial charge in [0.15, 0.2) is 0 Å². The summed E-state index contributed by atoms with van der Waals surface area (Å²) in [6.45, 7) is 0.550. The molecular formula is C16H15N3OS. The summed E-state index contributed by atoms with van der Waals surface area (Å²) in [4.78, 5) is 16.4. The maximum atomic E-state index is 12.2.